The first-order chi connectivity index (χ1) is 9.88. The zero-order valence-corrected chi connectivity index (χ0v) is 11.1. The van der Waals surface area contributed by atoms with Gasteiger partial charge in [0.15, 0.2) is 0 Å². The maximum Gasteiger partial charge on any atom is 0.271 e. The molecular weight excluding hydrogens is 277 g/mol. The number of carbonyl (C=O) groups excluding carboxylic acids is 1. The van der Waals surface area contributed by atoms with Gasteiger partial charge < -0.3 is 11.1 Å². The van der Waals surface area contributed by atoms with Crippen molar-refractivity contribution in [1.29, 1.82) is 0 Å². The number of hydrogen-bond donors (Lipinski definition) is 2. The quantitative estimate of drug-likeness (QED) is 0.515. The Morgan fingerprint density at radius 1 is 1.29 bits per heavy atom. The summed E-state index contributed by atoms with van der Waals surface area (Å²) in [5.41, 5.74) is 6.51. The zero-order valence-electron chi connectivity index (χ0n) is 11.1. The largest absolute Gasteiger partial charge is 0.398 e. The van der Waals surface area contributed by atoms with E-state index in [0.717, 1.165) is 12.1 Å². The maximum absolute atomic E-state index is 13.0. The van der Waals surface area contributed by atoms with E-state index in [-0.39, 0.29) is 16.9 Å². The third-order valence-electron chi connectivity index (χ3n) is 2.94. The lowest BCUT2D eigenvalue weighted by atomic mass is 10.1. The predicted molar refractivity (Wildman–Crippen MR) is 76.6 cm³/mol. The van der Waals surface area contributed by atoms with Crippen molar-refractivity contribution >= 4 is 23.0 Å². The van der Waals surface area contributed by atoms with Crippen molar-refractivity contribution in [3.05, 3.63) is 63.5 Å². The van der Waals surface area contributed by atoms with Gasteiger partial charge in [-0.2, -0.15) is 0 Å². The number of non-ortho nitro benzene ring substituents is 1. The summed E-state index contributed by atoms with van der Waals surface area (Å²) < 4.78 is 13.0. The molecule has 0 radical (unpaired) electrons. The number of nitrogens with two attached hydrogens (primary N) is 1. The number of anilines is 2. The summed E-state index contributed by atoms with van der Waals surface area (Å²) in [5, 5.41) is 13.3. The third kappa shape index (κ3) is 3.14. The Balaban J connectivity index is 2.31. The lowest BCUT2D eigenvalue weighted by Crippen LogP contribution is -2.15. The summed E-state index contributed by atoms with van der Waals surface area (Å²) in [6.45, 7) is 1.70. The smallest absolute Gasteiger partial charge is 0.271 e. The molecule has 0 aromatic heterocycles. The lowest BCUT2D eigenvalue weighted by Gasteiger charge is -2.10. The van der Waals surface area contributed by atoms with Gasteiger partial charge in [0, 0.05) is 17.8 Å². The van der Waals surface area contributed by atoms with Crippen LogP contribution in [0.2, 0.25) is 0 Å². The zero-order chi connectivity index (χ0) is 15.6. The Bertz CT molecular complexity index is 731. The number of nitrogens with one attached hydrogen (secondary N) is 1. The van der Waals surface area contributed by atoms with Crippen LogP contribution in [0.15, 0.2) is 36.4 Å². The minimum Gasteiger partial charge on any atom is -0.398 e. The molecule has 0 fully saturated rings. The van der Waals surface area contributed by atoms with Crippen molar-refractivity contribution in [1.82, 2.24) is 0 Å². The van der Waals surface area contributed by atoms with Crippen LogP contribution in [0.4, 0.5) is 21.5 Å². The first kappa shape index (κ1) is 14.4. The summed E-state index contributed by atoms with van der Waals surface area (Å²) in [7, 11) is 0. The monoisotopic (exact) mass is 289 g/mol. The number of benzene rings is 2. The fourth-order valence-corrected chi connectivity index (χ4v) is 1.79. The van der Waals surface area contributed by atoms with Crippen molar-refractivity contribution in [3.8, 4) is 0 Å². The van der Waals surface area contributed by atoms with Crippen molar-refractivity contribution in [2.45, 2.75) is 6.92 Å². The normalized spacial score (nSPS) is 10.2. The van der Waals surface area contributed by atoms with Gasteiger partial charge in [-0.3, -0.25) is 14.9 Å². The van der Waals surface area contributed by atoms with Crippen LogP contribution in [0.25, 0.3) is 0 Å². The summed E-state index contributed by atoms with van der Waals surface area (Å²) in [6.07, 6.45) is 0. The third-order valence-corrected chi connectivity index (χ3v) is 2.94. The van der Waals surface area contributed by atoms with E-state index in [1.807, 2.05) is 0 Å². The minimum absolute atomic E-state index is 0.00409. The van der Waals surface area contributed by atoms with Crippen LogP contribution < -0.4 is 11.1 Å². The van der Waals surface area contributed by atoms with Crippen LogP contribution in [0.1, 0.15) is 15.9 Å². The van der Waals surface area contributed by atoms with Crippen LogP contribution in [-0.4, -0.2) is 10.8 Å². The molecule has 6 nitrogen and oxygen atoms in total. The molecule has 0 atom stereocenters. The number of aryl methyl sites for hydroxylation is 1. The minimum atomic E-state index is -0.559. The molecule has 2 rings (SSSR count). The van der Waals surface area contributed by atoms with Gasteiger partial charge in [-0.25, -0.2) is 4.39 Å². The molecule has 0 saturated heterocycles. The SMILES string of the molecule is Cc1ccc([N+](=O)[O-])cc1NC(=O)c1ccc(F)cc1N. The van der Waals surface area contributed by atoms with Crippen LogP contribution >= 0.6 is 0 Å². The first-order valence-corrected chi connectivity index (χ1v) is 6.00. The fourth-order valence-electron chi connectivity index (χ4n) is 1.79. The second-order valence-corrected chi connectivity index (χ2v) is 4.44. The Labute approximate surface area is 119 Å². The number of hydrogen-bond acceptors (Lipinski definition) is 4. The standard InChI is InChI=1S/C14H12FN3O3/c1-8-2-4-10(18(20)21)7-13(8)17-14(19)11-5-3-9(15)6-12(11)16/h2-7H,16H2,1H3,(H,17,19). The van der Waals surface area contributed by atoms with E-state index in [0.29, 0.717) is 11.3 Å². The Kier molecular flexibility index (Phi) is 3.84. The molecule has 1 amide bonds. The molecule has 7 heteroatoms. The Morgan fingerprint density at radius 2 is 2.00 bits per heavy atom. The summed E-state index contributed by atoms with van der Waals surface area (Å²) in [4.78, 5) is 22.3. The van der Waals surface area contributed by atoms with E-state index in [4.69, 9.17) is 5.73 Å². The van der Waals surface area contributed by atoms with Gasteiger partial charge in [-0.05, 0) is 30.7 Å². The number of nitrogens with zero attached hydrogens (tertiary/aromatic N) is 1. The number of nitro groups is 1. The van der Waals surface area contributed by atoms with E-state index < -0.39 is 16.6 Å². The molecule has 0 bridgehead atoms. The topological polar surface area (TPSA) is 98.3 Å². The van der Waals surface area contributed by atoms with Gasteiger partial charge >= 0.3 is 0 Å². The summed E-state index contributed by atoms with van der Waals surface area (Å²) >= 11 is 0. The lowest BCUT2D eigenvalue weighted by molar-refractivity contribution is -0.384. The molecule has 0 unspecified atom stereocenters. The molecule has 0 saturated carbocycles. The Hall–Kier alpha value is -2.96. The number of amides is 1. The van der Waals surface area contributed by atoms with Gasteiger partial charge in [0.25, 0.3) is 11.6 Å². The highest BCUT2D eigenvalue weighted by atomic mass is 19.1. The molecule has 2 aromatic carbocycles. The first-order valence-electron chi connectivity index (χ1n) is 6.00. The highest BCUT2D eigenvalue weighted by Crippen LogP contribution is 2.23. The second kappa shape index (κ2) is 5.58. The van der Waals surface area contributed by atoms with Gasteiger partial charge in [-0.1, -0.05) is 6.07 Å². The van der Waals surface area contributed by atoms with E-state index in [1.54, 1.807) is 6.92 Å². The van der Waals surface area contributed by atoms with Crippen molar-refractivity contribution in [2.24, 2.45) is 0 Å². The molecule has 0 aliphatic carbocycles. The van der Waals surface area contributed by atoms with Gasteiger partial charge in [0.05, 0.1) is 16.2 Å². The molecule has 0 spiro atoms. The van der Waals surface area contributed by atoms with E-state index >= 15 is 0 Å². The van der Waals surface area contributed by atoms with Gasteiger partial charge in [0.2, 0.25) is 0 Å². The van der Waals surface area contributed by atoms with Gasteiger partial charge in [-0.15, -0.1) is 0 Å². The molecule has 21 heavy (non-hydrogen) atoms. The summed E-state index contributed by atoms with van der Waals surface area (Å²) in [6, 6.07) is 7.54. The molecule has 2 aromatic rings. The number of carbonyl (C=O) groups is 1. The van der Waals surface area contributed by atoms with Gasteiger partial charge in [0.1, 0.15) is 5.82 Å². The number of nitro benzene ring substituents is 1. The fraction of sp³-hybridized carbons (Fsp3) is 0.0714. The molecule has 108 valence electrons. The molecule has 0 aliphatic rings. The highest BCUT2D eigenvalue weighted by Gasteiger charge is 2.14. The van der Waals surface area contributed by atoms with E-state index in [1.165, 1.54) is 24.3 Å². The van der Waals surface area contributed by atoms with Crippen molar-refractivity contribution < 1.29 is 14.1 Å². The van der Waals surface area contributed by atoms with Crippen LogP contribution in [0.3, 0.4) is 0 Å². The number of rotatable bonds is 3. The molecule has 0 heterocycles. The molecular formula is C14H12FN3O3. The van der Waals surface area contributed by atoms with Crippen molar-refractivity contribution in [3.63, 3.8) is 0 Å². The average molecular weight is 289 g/mol. The van der Waals surface area contributed by atoms with E-state index in [2.05, 4.69) is 5.32 Å². The average Bonchev–Trinajstić information content (AvgIpc) is 2.40. The Morgan fingerprint density at radius 3 is 2.62 bits per heavy atom. The van der Waals surface area contributed by atoms with Crippen LogP contribution in [-0.2, 0) is 0 Å². The highest BCUT2D eigenvalue weighted by molar-refractivity contribution is 6.08. The summed E-state index contributed by atoms with van der Waals surface area (Å²) in [5.74, 6) is -1.10. The molecule has 0 aliphatic heterocycles. The van der Waals surface area contributed by atoms with E-state index in [9.17, 15) is 19.3 Å². The second-order valence-electron chi connectivity index (χ2n) is 4.44. The number of nitrogen functional groups attached to an aromatic ring is 1. The van der Waals surface area contributed by atoms with Crippen molar-refractivity contribution in [2.75, 3.05) is 11.1 Å². The predicted octanol–water partition coefficient (Wildman–Crippen LogP) is 2.88. The van der Waals surface area contributed by atoms with Crippen LogP contribution in [0, 0.1) is 22.9 Å². The number of halogens is 1. The maximum atomic E-state index is 13.0. The van der Waals surface area contributed by atoms with Crippen LogP contribution in [0.5, 0.6) is 0 Å². The molecule has 3 N–H and O–H groups in total.